The molecule has 2 amide bonds. The van der Waals surface area contributed by atoms with Crippen molar-refractivity contribution in [3.05, 3.63) is 0 Å². The van der Waals surface area contributed by atoms with Crippen molar-refractivity contribution >= 4 is 11.8 Å². The van der Waals surface area contributed by atoms with Crippen LogP contribution < -0.4 is 5.32 Å². The van der Waals surface area contributed by atoms with E-state index in [0.717, 1.165) is 0 Å². The predicted molar refractivity (Wildman–Crippen MR) is 73.5 cm³/mol. The maximum Gasteiger partial charge on any atom is 0.226 e. The fourth-order valence-corrected chi connectivity index (χ4v) is 2.35. The van der Waals surface area contributed by atoms with E-state index in [1.807, 2.05) is 0 Å². The van der Waals surface area contributed by atoms with E-state index in [2.05, 4.69) is 26.1 Å². The van der Waals surface area contributed by atoms with Crippen molar-refractivity contribution in [3.63, 3.8) is 0 Å². The maximum absolute atomic E-state index is 12.5. The highest BCUT2D eigenvalue weighted by atomic mass is 16.3. The highest BCUT2D eigenvalue weighted by Crippen LogP contribution is 2.21. The Morgan fingerprint density at radius 1 is 1.47 bits per heavy atom. The Bertz CT molecular complexity index is 323. The predicted octanol–water partition coefficient (Wildman–Crippen LogP) is 0.770. The number of aliphatic hydroxyl groups is 1. The molecule has 1 atom stereocenters. The summed E-state index contributed by atoms with van der Waals surface area (Å²) in [6.45, 7) is 8.13. The lowest BCUT2D eigenvalue weighted by molar-refractivity contribution is -0.141. The van der Waals surface area contributed by atoms with E-state index in [9.17, 15) is 9.59 Å². The molecule has 0 aromatic carbocycles. The standard InChI is InChI=1S/C14H26N2O3/c1-14(2,3)10-16(7-4-8-17)13(19)11-5-6-15-12(18)9-11/h11,17H,4-10H2,1-3H3,(H,15,18). The molecule has 110 valence electrons. The molecule has 0 aromatic rings. The Hall–Kier alpha value is -1.10. The zero-order chi connectivity index (χ0) is 14.5. The van der Waals surface area contributed by atoms with Gasteiger partial charge in [-0.2, -0.15) is 0 Å². The minimum Gasteiger partial charge on any atom is -0.396 e. The van der Waals surface area contributed by atoms with Gasteiger partial charge in [-0.25, -0.2) is 0 Å². The van der Waals surface area contributed by atoms with Gasteiger partial charge in [-0.3, -0.25) is 9.59 Å². The lowest BCUT2D eigenvalue weighted by atomic mass is 9.92. The number of carbonyl (C=O) groups is 2. The first-order chi connectivity index (χ1) is 8.83. The Balaban J connectivity index is 2.66. The van der Waals surface area contributed by atoms with Crippen LogP contribution in [0.1, 0.15) is 40.0 Å². The van der Waals surface area contributed by atoms with Gasteiger partial charge in [-0.1, -0.05) is 20.8 Å². The van der Waals surface area contributed by atoms with Crippen LogP contribution in [-0.2, 0) is 9.59 Å². The van der Waals surface area contributed by atoms with Crippen molar-refractivity contribution in [1.82, 2.24) is 10.2 Å². The van der Waals surface area contributed by atoms with Gasteiger partial charge in [0.1, 0.15) is 0 Å². The Morgan fingerprint density at radius 3 is 2.68 bits per heavy atom. The van der Waals surface area contributed by atoms with Gasteiger partial charge in [-0.05, 0) is 18.3 Å². The monoisotopic (exact) mass is 270 g/mol. The molecule has 1 saturated heterocycles. The average Bonchev–Trinajstić information content (AvgIpc) is 2.32. The Labute approximate surface area is 115 Å². The summed E-state index contributed by atoms with van der Waals surface area (Å²) in [6, 6.07) is 0. The van der Waals surface area contributed by atoms with E-state index >= 15 is 0 Å². The molecular weight excluding hydrogens is 244 g/mol. The van der Waals surface area contributed by atoms with Crippen LogP contribution >= 0.6 is 0 Å². The molecule has 0 spiro atoms. The highest BCUT2D eigenvalue weighted by Gasteiger charge is 2.30. The second kappa shape index (κ2) is 6.89. The van der Waals surface area contributed by atoms with Crippen LogP contribution in [-0.4, -0.2) is 48.1 Å². The molecule has 0 aliphatic carbocycles. The number of hydrogen-bond donors (Lipinski definition) is 2. The fourth-order valence-electron chi connectivity index (χ4n) is 2.35. The van der Waals surface area contributed by atoms with Gasteiger partial charge in [0.15, 0.2) is 0 Å². The molecular formula is C14H26N2O3. The minimum atomic E-state index is -0.199. The first-order valence-electron chi connectivity index (χ1n) is 7.00. The average molecular weight is 270 g/mol. The van der Waals surface area contributed by atoms with Gasteiger partial charge in [0.25, 0.3) is 0 Å². The fraction of sp³-hybridized carbons (Fsp3) is 0.857. The molecule has 0 aromatic heterocycles. The van der Waals surface area contributed by atoms with Crippen LogP contribution in [0.2, 0.25) is 0 Å². The SMILES string of the molecule is CC(C)(C)CN(CCCO)C(=O)C1CCNC(=O)C1. The van der Waals surface area contributed by atoms with Gasteiger partial charge in [0.2, 0.25) is 11.8 Å². The zero-order valence-corrected chi connectivity index (χ0v) is 12.2. The molecule has 5 nitrogen and oxygen atoms in total. The summed E-state index contributed by atoms with van der Waals surface area (Å²) >= 11 is 0. The van der Waals surface area contributed by atoms with Gasteiger partial charge >= 0.3 is 0 Å². The lowest BCUT2D eigenvalue weighted by Crippen LogP contribution is -2.46. The molecule has 0 saturated carbocycles. The van der Waals surface area contributed by atoms with Gasteiger partial charge in [0.05, 0.1) is 0 Å². The largest absolute Gasteiger partial charge is 0.396 e. The number of piperidine rings is 1. The maximum atomic E-state index is 12.5. The summed E-state index contributed by atoms with van der Waals surface area (Å²) in [5, 5.41) is 11.7. The van der Waals surface area contributed by atoms with Gasteiger partial charge in [-0.15, -0.1) is 0 Å². The molecule has 0 bridgehead atoms. The van der Waals surface area contributed by atoms with E-state index in [4.69, 9.17) is 5.11 Å². The van der Waals surface area contributed by atoms with Crippen LogP contribution in [0, 0.1) is 11.3 Å². The Morgan fingerprint density at radius 2 is 2.16 bits per heavy atom. The molecule has 1 heterocycles. The van der Waals surface area contributed by atoms with E-state index < -0.39 is 0 Å². The van der Waals surface area contributed by atoms with Crippen LogP contribution in [0.3, 0.4) is 0 Å². The van der Waals surface area contributed by atoms with E-state index in [-0.39, 0.29) is 29.8 Å². The first kappa shape index (κ1) is 16.0. The molecule has 1 aliphatic rings. The quantitative estimate of drug-likeness (QED) is 0.775. The number of aliphatic hydroxyl groups excluding tert-OH is 1. The molecule has 19 heavy (non-hydrogen) atoms. The third-order valence-electron chi connectivity index (χ3n) is 3.16. The normalized spacial score (nSPS) is 20.0. The van der Waals surface area contributed by atoms with Crippen LogP contribution in [0.4, 0.5) is 0 Å². The topological polar surface area (TPSA) is 69.6 Å². The smallest absolute Gasteiger partial charge is 0.226 e. The molecule has 1 aliphatic heterocycles. The number of rotatable bonds is 5. The zero-order valence-electron chi connectivity index (χ0n) is 12.2. The van der Waals surface area contributed by atoms with Crippen molar-refractivity contribution in [1.29, 1.82) is 0 Å². The number of amides is 2. The summed E-state index contributed by atoms with van der Waals surface area (Å²) in [7, 11) is 0. The van der Waals surface area contributed by atoms with Gasteiger partial charge < -0.3 is 15.3 Å². The van der Waals surface area contributed by atoms with E-state index in [0.29, 0.717) is 38.9 Å². The number of nitrogens with zero attached hydrogens (tertiary/aromatic N) is 1. The lowest BCUT2D eigenvalue weighted by Gasteiger charge is -2.33. The number of carbonyl (C=O) groups excluding carboxylic acids is 2. The summed E-state index contributed by atoms with van der Waals surface area (Å²) in [5.41, 5.74) is 0.0159. The van der Waals surface area contributed by atoms with E-state index in [1.165, 1.54) is 0 Å². The first-order valence-corrected chi connectivity index (χ1v) is 7.00. The Kier molecular flexibility index (Phi) is 5.79. The summed E-state index contributed by atoms with van der Waals surface area (Å²) in [6.07, 6.45) is 1.59. The second-order valence-corrected chi connectivity index (χ2v) is 6.44. The van der Waals surface area contributed by atoms with Crippen molar-refractivity contribution in [3.8, 4) is 0 Å². The third kappa shape index (κ3) is 5.59. The second-order valence-electron chi connectivity index (χ2n) is 6.44. The van der Waals surface area contributed by atoms with Gasteiger partial charge in [0, 0.05) is 38.6 Å². The number of nitrogens with one attached hydrogen (secondary N) is 1. The van der Waals surface area contributed by atoms with Crippen LogP contribution in [0.15, 0.2) is 0 Å². The summed E-state index contributed by atoms with van der Waals surface area (Å²) < 4.78 is 0. The summed E-state index contributed by atoms with van der Waals surface area (Å²) in [5.74, 6) is -0.185. The van der Waals surface area contributed by atoms with Crippen LogP contribution in [0.25, 0.3) is 0 Å². The summed E-state index contributed by atoms with van der Waals surface area (Å²) in [4.78, 5) is 25.7. The van der Waals surface area contributed by atoms with Crippen LogP contribution in [0.5, 0.6) is 0 Å². The van der Waals surface area contributed by atoms with Crippen molar-refractivity contribution in [2.45, 2.75) is 40.0 Å². The molecule has 0 radical (unpaired) electrons. The van der Waals surface area contributed by atoms with Crippen molar-refractivity contribution < 1.29 is 14.7 Å². The molecule has 1 fully saturated rings. The van der Waals surface area contributed by atoms with Crippen molar-refractivity contribution in [2.75, 3.05) is 26.2 Å². The number of hydrogen-bond acceptors (Lipinski definition) is 3. The molecule has 5 heteroatoms. The molecule has 1 unspecified atom stereocenters. The molecule has 2 N–H and O–H groups in total. The highest BCUT2D eigenvalue weighted by molar-refractivity contribution is 5.86. The minimum absolute atomic E-state index is 0.0159. The van der Waals surface area contributed by atoms with Crippen molar-refractivity contribution in [2.24, 2.45) is 11.3 Å². The molecule has 1 rings (SSSR count). The van der Waals surface area contributed by atoms with E-state index in [1.54, 1.807) is 4.90 Å². The third-order valence-corrected chi connectivity index (χ3v) is 3.16.